The van der Waals surface area contributed by atoms with Crippen LogP contribution in [0, 0.1) is 0 Å². The van der Waals surface area contributed by atoms with Crippen molar-refractivity contribution in [1.82, 2.24) is 4.90 Å². The van der Waals surface area contributed by atoms with Crippen LogP contribution in [0.25, 0.3) is 10.8 Å². The maximum Gasteiger partial charge on any atom is 0.414 e. The van der Waals surface area contributed by atoms with Gasteiger partial charge in [-0.15, -0.1) is 0 Å². The van der Waals surface area contributed by atoms with E-state index in [1.807, 2.05) is 62.2 Å². The third kappa shape index (κ3) is 5.36. The summed E-state index contributed by atoms with van der Waals surface area (Å²) in [6.07, 6.45) is 1.19. The number of likely N-dealkylation sites (N-methyl/N-ethyl adjacent to an activating group) is 1. The fraction of sp³-hybridized carbons (Fsp3) is 0.400. The van der Waals surface area contributed by atoms with Crippen molar-refractivity contribution in [2.24, 2.45) is 0 Å². The number of rotatable bonds is 5. The van der Waals surface area contributed by atoms with E-state index < -0.39 is 5.60 Å². The van der Waals surface area contributed by atoms with Gasteiger partial charge in [0, 0.05) is 58.3 Å². The Balaban J connectivity index is 1.35. The lowest BCUT2D eigenvalue weighted by Crippen LogP contribution is -2.45. The number of ether oxygens (including phenoxy) is 1. The summed E-state index contributed by atoms with van der Waals surface area (Å²) in [5.74, 6) is 0.120. The number of benzene rings is 3. The van der Waals surface area contributed by atoms with Gasteiger partial charge in [0.1, 0.15) is 5.60 Å². The lowest BCUT2D eigenvalue weighted by molar-refractivity contribution is -0.127. The average Bonchev–Trinajstić information content (AvgIpc) is 3.33. The van der Waals surface area contributed by atoms with Gasteiger partial charge in [0.05, 0.1) is 11.4 Å². The first-order valence-electron chi connectivity index (χ1n) is 13.0. The molecule has 37 heavy (non-hydrogen) atoms. The standard InChI is InChI=1S/C30H36N4O3/c1-21(35)33-14-13-24(20-33)31-25-17-22-9-5-6-10-26(22)23(18-25)19-30(2,3)37-29(36)34-16-15-32(4)27-11-7-8-12-28(27)34/h5-12,17-18,24,31H,13-16,19-20H2,1-4H3/t24-/m0/s1. The van der Waals surface area contributed by atoms with E-state index in [9.17, 15) is 9.59 Å². The summed E-state index contributed by atoms with van der Waals surface area (Å²) in [4.78, 5) is 30.9. The Bertz CT molecular complexity index is 1320. The van der Waals surface area contributed by atoms with E-state index >= 15 is 0 Å². The highest BCUT2D eigenvalue weighted by atomic mass is 16.6. The van der Waals surface area contributed by atoms with Gasteiger partial charge in [-0.2, -0.15) is 0 Å². The number of hydrogen-bond donors (Lipinski definition) is 1. The molecular weight excluding hydrogens is 464 g/mol. The zero-order chi connectivity index (χ0) is 26.2. The number of amides is 2. The average molecular weight is 501 g/mol. The quantitative estimate of drug-likeness (QED) is 0.516. The number of para-hydroxylation sites is 2. The van der Waals surface area contributed by atoms with Crippen molar-refractivity contribution in [3.05, 3.63) is 66.2 Å². The fourth-order valence-electron chi connectivity index (χ4n) is 5.50. The van der Waals surface area contributed by atoms with Crippen molar-refractivity contribution in [1.29, 1.82) is 0 Å². The second-order valence-corrected chi connectivity index (χ2v) is 10.8. The van der Waals surface area contributed by atoms with Crippen LogP contribution in [0.4, 0.5) is 21.9 Å². The van der Waals surface area contributed by atoms with E-state index in [0.29, 0.717) is 19.5 Å². The minimum atomic E-state index is -0.713. The molecule has 1 atom stereocenters. The first-order chi connectivity index (χ1) is 17.7. The van der Waals surface area contributed by atoms with E-state index in [1.165, 1.54) is 0 Å². The Morgan fingerprint density at radius 3 is 2.49 bits per heavy atom. The van der Waals surface area contributed by atoms with E-state index in [0.717, 1.165) is 52.9 Å². The maximum atomic E-state index is 13.4. The molecule has 0 radical (unpaired) electrons. The van der Waals surface area contributed by atoms with Gasteiger partial charge in [-0.3, -0.25) is 9.69 Å². The minimum Gasteiger partial charge on any atom is -0.443 e. The van der Waals surface area contributed by atoms with Gasteiger partial charge in [-0.1, -0.05) is 36.4 Å². The summed E-state index contributed by atoms with van der Waals surface area (Å²) < 4.78 is 6.14. The first-order valence-corrected chi connectivity index (χ1v) is 13.0. The summed E-state index contributed by atoms with van der Waals surface area (Å²) in [6.45, 7) is 8.42. The molecule has 194 valence electrons. The molecule has 3 aromatic rings. The van der Waals surface area contributed by atoms with Crippen LogP contribution in [0.2, 0.25) is 0 Å². The van der Waals surface area contributed by atoms with Crippen LogP contribution in [0.1, 0.15) is 32.8 Å². The molecule has 2 aliphatic rings. The topological polar surface area (TPSA) is 65.1 Å². The highest BCUT2D eigenvalue weighted by molar-refractivity contribution is 5.94. The number of carbonyl (C=O) groups excluding carboxylic acids is 2. The number of carbonyl (C=O) groups is 2. The van der Waals surface area contributed by atoms with Gasteiger partial charge in [-0.25, -0.2) is 4.79 Å². The monoisotopic (exact) mass is 500 g/mol. The minimum absolute atomic E-state index is 0.120. The molecule has 2 heterocycles. The Morgan fingerprint density at radius 2 is 1.73 bits per heavy atom. The highest BCUT2D eigenvalue weighted by Crippen LogP contribution is 2.34. The number of fused-ring (bicyclic) bond motifs is 2. The molecule has 2 amide bonds. The van der Waals surface area contributed by atoms with Gasteiger partial charge in [-0.05, 0) is 60.9 Å². The van der Waals surface area contributed by atoms with Gasteiger partial charge in [0.2, 0.25) is 5.91 Å². The largest absolute Gasteiger partial charge is 0.443 e. The predicted octanol–water partition coefficient (Wildman–Crippen LogP) is 5.29. The molecule has 3 aromatic carbocycles. The van der Waals surface area contributed by atoms with Gasteiger partial charge in [0.25, 0.3) is 0 Å². The third-order valence-electron chi connectivity index (χ3n) is 7.39. The summed E-state index contributed by atoms with van der Waals surface area (Å²) in [7, 11) is 2.04. The molecule has 5 rings (SSSR count). The van der Waals surface area contributed by atoms with Crippen LogP contribution in [-0.2, 0) is 16.0 Å². The van der Waals surface area contributed by atoms with Crippen molar-refractivity contribution in [3.8, 4) is 0 Å². The summed E-state index contributed by atoms with van der Waals surface area (Å²) in [6, 6.07) is 20.8. The zero-order valence-electron chi connectivity index (χ0n) is 22.2. The third-order valence-corrected chi connectivity index (χ3v) is 7.39. The SMILES string of the molecule is CC(=O)N1CC[C@H](Nc2cc(CC(C)(C)OC(=O)N3CCN(C)c4ccccc43)c3ccccc3c2)C1. The summed E-state index contributed by atoms with van der Waals surface area (Å²) in [5, 5.41) is 5.93. The van der Waals surface area contributed by atoms with Crippen LogP contribution in [0.5, 0.6) is 0 Å². The van der Waals surface area contributed by atoms with Crippen molar-refractivity contribution >= 4 is 39.8 Å². The Hall–Kier alpha value is -3.74. The van der Waals surface area contributed by atoms with Crippen molar-refractivity contribution < 1.29 is 14.3 Å². The van der Waals surface area contributed by atoms with Crippen LogP contribution in [0.15, 0.2) is 60.7 Å². The zero-order valence-corrected chi connectivity index (χ0v) is 22.2. The molecule has 7 heteroatoms. The second kappa shape index (κ2) is 9.96. The summed E-state index contributed by atoms with van der Waals surface area (Å²) in [5.41, 5.74) is 3.35. The van der Waals surface area contributed by atoms with Crippen LogP contribution in [-0.4, -0.2) is 61.8 Å². The molecule has 1 fully saturated rings. The lowest BCUT2D eigenvalue weighted by Gasteiger charge is -2.37. The Kier molecular flexibility index (Phi) is 6.71. The highest BCUT2D eigenvalue weighted by Gasteiger charge is 2.32. The molecule has 1 N–H and O–H groups in total. The molecule has 0 bridgehead atoms. The van der Waals surface area contributed by atoms with Crippen LogP contribution in [0.3, 0.4) is 0 Å². The molecule has 0 saturated carbocycles. The molecule has 0 aliphatic carbocycles. The van der Waals surface area contributed by atoms with Gasteiger partial charge in [0.15, 0.2) is 0 Å². The molecule has 0 unspecified atom stereocenters. The Labute approximate surface area is 219 Å². The van der Waals surface area contributed by atoms with Crippen molar-refractivity contribution in [2.45, 2.75) is 45.3 Å². The first kappa shape index (κ1) is 24.9. The van der Waals surface area contributed by atoms with E-state index in [2.05, 4.69) is 34.5 Å². The maximum absolute atomic E-state index is 13.4. The van der Waals surface area contributed by atoms with E-state index in [1.54, 1.807) is 11.8 Å². The smallest absolute Gasteiger partial charge is 0.414 e. The normalized spacial score (nSPS) is 17.6. The number of nitrogens with zero attached hydrogens (tertiary/aromatic N) is 3. The number of hydrogen-bond acceptors (Lipinski definition) is 5. The molecule has 0 aromatic heterocycles. The Morgan fingerprint density at radius 1 is 1.00 bits per heavy atom. The van der Waals surface area contributed by atoms with Gasteiger partial charge < -0.3 is 19.9 Å². The number of nitrogens with one attached hydrogen (secondary N) is 1. The van der Waals surface area contributed by atoms with Crippen molar-refractivity contribution in [2.75, 3.05) is 48.3 Å². The molecule has 0 spiro atoms. The van der Waals surface area contributed by atoms with Crippen molar-refractivity contribution in [3.63, 3.8) is 0 Å². The molecule has 1 saturated heterocycles. The lowest BCUT2D eigenvalue weighted by atomic mass is 9.93. The predicted molar refractivity (Wildman–Crippen MR) is 150 cm³/mol. The molecule has 2 aliphatic heterocycles. The fourth-order valence-corrected chi connectivity index (χ4v) is 5.50. The van der Waals surface area contributed by atoms with Crippen LogP contribution < -0.4 is 15.1 Å². The number of anilines is 3. The van der Waals surface area contributed by atoms with E-state index in [-0.39, 0.29) is 18.0 Å². The molecule has 7 nitrogen and oxygen atoms in total. The van der Waals surface area contributed by atoms with E-state index in [4.69, 9.17) is 4.74 Å². The van der Waals surface area contributed by atoms with Crippen LogP contribution >= 0.6 is 0 Å². The van der Waals surface area contributed by atoms with Gasteiger partial charge >= 0.3 is 6.09 Å². The molecular formula is C30H36N4O3. The second-order valence-electron chi connectivity index (χ2n) is 10.8. The summed E-state index contributed by atoms with van der Waals surface area (Å²) >= 11 is 0. The number of likely N-dealkylation sites (tertiary alicyclic amines) is 1.